The van der Waals surface area contributed by atoms with Gasteiger partial charge in [-0.3, -0.25) is 4.79 Å². The number of carbonyl (C=O) groups excluding carboxylic acids is 1. The Bertz CT molecular complexity index is 1020. The minimum absolute atomic E-state index is 0.0359. The van der Waals surface area contributed by atoms with Crippen LogP contribution in [0.3, 0.4) is 0 Å². The number of fused-ring (bicyclic) bond motifs is 1. The van der Waals surface area contributed by atoms with Crippen molar-refractivity contribution in [3.8, 4) is 0 Å². The number of anilines is 2. The molecule has 27 heavy (non-hydrogen) atoms. The molecule has 1 aliphatic rings. The number of hydrogen-bond acceptors (Lipinski definition) is 4. The molecule has 0 saturated carbocycles. The number of nitrogens with one attached hydrogen (secondary N) is 1. The molecule has 3 heterocycles. The Hall–Kier alpha value is -2.95. The Kier molecular flexibility index (Phi) is 4.52. The Morgan fingerprint density at radius 2 is 1.81 bits per heavy atom. The monoisotopic (exact) mass is 360 g/mol. The first-order valence-corrected chi connectivity index (χ1v) is 9.43. The fourth-order valence-corrected chi connectivity index (χ4v) is 3.52. The van der Waals surface area contributed by atoms with Gasteiger partial charge in [0.25, 0.3) is 5.91 Å². The zero-order valence-corrected chi connectivity index (χ0v) is 16.0. The van der Waals surface area contributed by atoms with E-state index in [1.165, 1.54) is 11.1 Å². The highest BCUT2D eigenvalue weighted by Gasteiger charge is 2.24. The first-order chi connectivity index (χ1) is 13.0. The van der Waals surface area contributed by atoms with Crippen LogP contribution in [-0.2, 0) is 0 Å². The summed E-state index contributed by atoms with van der Waals surface area (Å²) in [6.45, 7) is 7.75. The SMILES string of the molecule is Cc1ccc2c(Nc3ccc(C)c(C)c3)c(C(=O)N3CCCC3)cnc2n1. The number of carbonyl (C=O) groups is 1. The molecule has 138 valence electrons. The molecule has 1 fully saturated rings. The van der Waals surface area contributed by atoms with Crippen LogP contribution in [0.4, 0.5) is 11.4 Å². The average Bonchev–Trinajstić information content (AvgIpc) is 3.19. The van der Waals surface area contributed by atoms with Crippen LogP contribution < -0.4 is 5.32 Å². The van der Waals surface area contributed by atoms with Crippen molar-refractivity contribution in [1.29, 1.82) is 0 Å². The van der Waals surface area contributed by atoms with Crippen LogP contribution in [0.15, 0.2) is 36.5 Å². The lowest BCUT2D eigenvalue weighted by atomic mass is 10.1. The van der Waals surface area contributed by atoms with Crippen LogP contribution in [0.1, 0.15) is 40.0 Å². The molecule has 1 aliphatic heterocycles. The van der Waals surface area contributed by atoms with Crippen molar-refractivity contribution in [2.24, 2.45) is 0 Å². The zero-order chi connectivity index (χ0) is 19.0. The number of rotatable bonds is 3. The van der Waals surface area contributed by atoms with Gasteiger partial charge in [-0.05, 0) is 69.0 Å². The summed E-state index contributed by atoms with van der Waals surface area (Å²) in [6.07, 6.45) is 3.79. The predicted octanol–water partition coefficient (Wildman–Crippen LogP) is 4.53. The van der Waals surface area contributed by atoms with E-state index in [-0.39, 0.29) is 5.91 Å². The van der Waals surface area contributed by atoms with Gasteiger partial charge in [0.2, 0.25) is 0 Å². The number of amides is 1. The van der Waals surface area contributed by atoms with Gasteiger partial charge in [0, 0.05) is 36.1 Å². The third-order valence-electron chi connectivity index (χ3n) is 5.27. The van der Waals surface area contributed by atoms with Gasteiger partial charge in [-0.2, -0.15) is 0 Å². The van der Waals surface area contributed by atoms with Crippen molar-refractivity contribution in [2.75, 3.05) is 18.4 Å². The quantitative estimate of drug-likeness (QED) is 0.745. The van der Waals surface area contributed by atoms with Crippen molar-refractivity contribution in [2.45, 2.75) is 33.6 Å². The lowest BCUT2D eigenvalue weighted by Gasteiger charge is -2.19. The van der Waals surface area contributed by atoms with E-state index in [4.69, 9.17) is 0 Å². The zero-order valence-electron chi connectivity index (χ0n) is 16.0. The topological polar surface area (TPSA) is 58.1 Å². The van der Waals surface area contributed by atoms with Crippen LogP contribution in [0.5, 0.6) is 0 Å². The predicted molar refractivity (Wildman–Crippen MR) is 109 cm³/mol. The van der Waals surface area contributed by atoms with E-state index >= 15 is 0 Å². The number of aromatic nitrogens is 2. The molecule has 0 atom stereocenters. The summed E-state index contributed by atoms with van der Waals surface area (Å²) in [7, 11) is 0. The third-order valence-corrected chi connectivity index (χ3v) is 5.27. The Morgan fingerprint density at radius 1 is 1.04 bits per heavy atom. The summed E-state index contributed by atoms with van der Waals surface area (Å²) in [4.78, 5) is 24.0. The van der Waals surface area contributed by atoms with Gasteiger partial charge >= 0.3 is 0 Å². The summed E-state index contributed by atoms with van der Waals surface area (Å²) in [5, 5.41) is 4.34. The third kappa shape index (κ3) is 3.37. The van der Waals surface area contributed by atoms with E-state index < -0.39 is 0 Å². The van der Waals surface area contributed by atoms with Crippen molar-refractivity contribution < 1.29 is 4.79 Å². The van der Waals surface area contributed by atoms with Crippen molar-refractivity contribution in [3.05, 3.63) is 58.9 Å². The summed E-state index contributed by atoms with van der Waals surface area (Å²) < 4.78 is 0. The minimum atomic E-state index is 0.0359. The van der Waals surface area contributed by atoms with Crippen molar-refractivity contribution in [3.63, 3.8) is 0 Å². The summed E-state index contributed by atoms with van der Waals surface area (Å²) in [5.41, 5.74) is 6.36. The van der Waals surface area contributed by atoms with Gasteiger partial charge in [0.15, 0.2) is 5.65 Å². The fourth-order valence-electron chi connectivity index (χ4n) is 3.52. The van der Waals surface area contributed by atoms with E-state index in [1.54, 1.807) is 6.20 Å². The summed E-state index contributed by atoms with van der Waals surface area (Å²) in [6, 6.07) is 10.2. The molecule has 0 radical (unpaired) electrons. The molecule has 5 nitrogen and oxygen atoms in total. The van der Waals surface area contributed by atoms with Crippen LogP contribution in [0.25, 0.3) is 11.0 Å². The second-order valence-corrected chi connectivity index (χ2v) is 7.29. The molecule has 0 unspecified atom stereocenters. The number of hydrogen-bond donors (Lipinski definition) is 1. The molecule has 1 amide bonds. The first kappa shape index (κ1) is 17.5. The van der Waals surface area contributed by atoms with Crippen LogP contribution in [0, 0.1) is 20.8 Å². The van der Waals surface area contributed by atoms with E-state index in [2.05, 4.69) is 41.3 Å². The lowest BCUT2D eigenvalue weighted by Crippen LogP contribution is -2.28. The second-order valence-electron chi connectivity index (χ2n) is 7.29. The van der Waals surface area contributed by atoms with E-state index in [0.29, 0.717) is 11.2 Å². The number of aryl methyl sites for hydroxylation is 3. The molecule has 1 N–H and O–H groups in total. The van der Waals surface area contributed by atoms with Gasteiger partial charge in [0.1, 0.15) is 0 Å². The largest absolute Gasteiger partial charge is 0.354 e. The molecular formula is C22H24N4O. The summed E-state index contributed by atoms with van der Waals surface area (Å²) >= 11 is 0. The molecule has 1 aromatic carbocycles. The van der Waals surface area contributed by atoms with Gasteiger partial charge in [-0.1, -0.05) is 6.07 Å². The van der Waals surface area contributed by atoms with Crippen LogP contribution in [-0.4, -0.2) is 33.9 Å². The van der Waals surface area contributed by atoms with Crippen LogP contribution in [0.2, 0.25) is 0 Å². The molecule has 2 aromatic heterocycles. The molecule has 3 aromatic rings. The van der Waals surface area contributed by atoms with Gasteiger partial charge in [-0.15, -0.1) is 0 Å². The maximum Gasteiger partial charge on any atom is 0.257 e. The normalized spacial score (nSPS) is 14.0. The van der Waals surface area contributed by atoms with E-state index in [9.17, 15) is 4.79 Å². The number of pyridine rings is 2. The number of benzene rings is 1. The minimum Gasteiger partial charge on any atom is -0.354 e. The first-order valence-electron chi connectivity index (χ1n) is 9.43. The second kappa shape index (κ2) is 6.99. The Labute approximate surface area is 159 Å². The average molecular weight is 360 g/mol. The van der Waals surface area contributed by atoms with Crippen LogP contribution >= 0.6 is 0 Å². The van der Waals surface area contributed by atoms with Crippen molar-refractivity contribution >= 4 is 28.3 Å². The maximum atomic E-state index is 13.1. The van der Waals surface area contributed by atoms with Gasteiger partial charge < -0.3 is 10.2 Å². The Balaban J connectivity index is 1.84. The standard InChI is InChI=1S/C22H24N4O/c1-14-6-8-17(12-15(14)2)25-20-18-9-7-16(3)24-21(18)23-13-19(20)22(27)26-10-4-5-11-26/h6-9,12-13H,4-5,10-11H2,1-3H3,(H,23,24,25). The van der Waals surface area contributed by atoms with E-state index in [1.807, 2.05) is 30.0 Å². The highest BCUT2D eigenvalue weighted by atomic mass is 16.2. The van der Waals surface area contributed by atoms with E-state index in [0.717, 1.165) is 48.4 Å². The molecule has 4 rings (SSSR count). The van der Waals surface area contributed by atoms with Gasteiger partial charge in [0.05, 0.1) is 11.3 Å². The smallest absolute Gasteiger partial charge is 0.257 e. The molecule has 0 spiro atoms. The summed E-state index contributed by atoms with van der Waals surface area (Å²) in [5.74, 6) is 0.0359. The molecular weight excluding hydrogens is 336 g/mol. The highest BCUT2D eigenvalue weighted by molar-refractivity contribution is 6.07. The molecule has 0 bridgehead atoms. The maximum absolute atomic E-state index is 13.1. The molecule has 5 heteroatoms. The number of likely N-dealkylation sites (tertiary alicyclic amines) is 1. The van der Waals surface area contributed by atoms with Crippen molar-refractivity contribution in [1.82, 2.24) is 14.9 Å². The molecule has 1 saturated heterocycles. The fraction of sp³-hybridized carbons (Fsp3) is 0.318. The molecule has 0 aliphatic carbocycles. The highest BCUT2D eigenvalue weighted by Crippen LogP contribution is 2.31. The Morgan fingerprint density at radius 3 is 2.56 bits per heavy atom. The number of nitrogens with zero attached hydrogens (tertiary/aromatic N) is 3. The van der Waals surface area contributed by atoms with Gasteiger partial charge in [-0.25, -0.2) is 9.97 Å². The lowest BCUT2D eigenvalue weighted by molar-refractivity contribution is 0.0793.